The molecule has 1 saturated heterocycles. The van der Waals surface area contributed by atoms with Crippen LogP contribution in [-0.4, -0.2) is 35.8 Å². The first-order valence-corrected chi connectivity index (χ1v) is 9.54. The summed E-state index contributed by atoms with van der Waals surface area (Å²) >= 11 is 0. The Bertz CT molecular complexity index is 860. The summed E-state index contributed by atoms with van der Waals surface area (Å²) in [5.41, 5.74) is 7.68. The third-order valence-electron chi connectivity index (χ3n) is 4.96. The molecular weight excluding hydrogens is 393 g/mol. The number of nitrogens with two attached hydrogens (primary N) is 1. The summed E-state index contributed by atoms with van der Waals surface area (Å²) in [5.74, 6) is -0.881. The zero-order chi connectivity index (χ0) is 20.3. The van der Waals surface area contributed by atoms with Gasteiger partial charge in [-0.3, -0.25) is 9.59 Å². The lowest BCUT2D eigenvalue weighted by Crippen LogP contribution is -2.32. The molecule has 0 radical (unpaired) electrons. The molecule has 1 aliphatic rings. The summed E-state index contributed by atoms with van der Waals surface area (Å²) in [6.07, 6.45) is 0.312. The van der Waals surface area contributed by atoms with E-state index < -0.39 is 5.82 Å². The minimum absolute atomic E-state index is 0. The van der Waals surface area contributed by atoms with Crippen molar-refractivity contribution < 1.29 is 14.0 Å². The van der Waals surface area contributed by atoms with Crippen LogP contribution in [0.4, 0.5) is 10.1 Å². The lowest BCUT2D eigenvalue weighted by molar-refractivity contribution is -0.116. The van der Waals surface area contributed by atoms with Crippen molar-refractivity contribution in [1.29, 1.82) is 0 Å². The molecule has 29 heavy (non-hydrogen) atoms. The van der Waals surface area contributed by atoms with Gasteiger partial charge in [-0.1, -0.05) is 44.2 Å². The summed E-state index contributed by atoms with van der Waals surface area (Å²) in [5, 5.41) is 2.55. The van der Waals surface area contributed by atoms with Crippen molar-refractivity contribution in [3.63, 3.8) is 0 Å². The molecule has 1 aliphatic heterocycles. The van der Waals surface area contributed by atoms with Gasteiger partial charge in [0.2, 0.25) is 5.91 Å². The number of nitrogens with one attached hydrogen (secondary N) is 1. The van der Waals surface area contributed by atoms with Crippen LogP contribution in [0.25, 0.3) is 0 Å². The summed E-state index contributed by atoms with van der Waals surface area (Å²) in [6.45, 7) is 4.76. The van der Waals surface area contributed by atoms with E-state index in [-0.39, 0.29) is 53.3 Å². The molecule has 3 rings (SSSR count). The van der Waals surface area contributed by atoms with Crippen molar-refractivity contribution in [1.82, 2.24) is 4.90 Å². The second kappa shape index (κ2) is 9.85. The van der Waals surface area contributed by atoms with E-state index in [1.54, 1.807) is 4.90 Å². The first-order chi connectivity index (χ1) is 13.3. The Morgan fingerprint density at radius 3 is 2.48 bits per heavy atom. The third-order valence-corrected chi connectivity index (χ3v) is 4.96. The Hall–Kier alpha value is -2.44. The lowest BCUT2D eigenvalue weighted by Gasteiger charge is -2.17. The Balaban J connectivity index is 0.00000300. The van der Waals surface area contributed by atoms with Gasteiger partial charge >= 0.3 is 0 Å². The first-order valence-electron chi connectivity index (χ1n) is 9.54. The van der Waals surface area contributed by atoms with Gasteiger partial charge in [-0.05, 0) is 29.7 Å². The van der Waals surface area contributed by atoms with Gasteiger partial charge in [0.1, 0.15) is 5.82 Å². The number of likely N-dealkylation sites (tertiary alicyclic amines) is 1. The Morgan fingerprint density at radius 1 is 1.17 bits per heavy atom. The monoisotopic (exact) mass is 419 g/mol. The first kappa shape index (κ1) is 22.8. The topological polar surface area (TPSA) is 75.4 Å². The molecule has 0 aromatic heterocycles. The maximum Gasteiger partial charge on any atom is 0.254 e. The standard InChI is InChI=1S/C22H26FN3O2.ClH/c1-14(2)10-21(27)25-20-9-8-16(11-18(20)23)22(28)26-12-17(19(24)13-26)15-6-4-3-5-7-15;/h3-9,11,14,17,19H,10,12-13,24H2,1-2H3,(H,25,27);1H/t17-,19+;/m0./s1. The van der Waals surface area contributed by atoms with Crippen LogP contribution in [0, 0.1) is 11.7 Å². The number of carbonyl (C=O) groups excluding carboxylic acids is 2. The third kappa shape index (κ3) is 5.55. The number of carbonyl (C=O) groups is 2. The van der Waals surface area contributed by atoms with Crippen molar-refractivity contribution in [2.75, 3.05) is 18.4 Å². The van der Waals surface area contributed by atoms with E-state index in [2.05, 4.69) is 5.32 Å². The van der Waals surface area contributed by atoms with E-state index >= 15 is 0 Å². The van der Waals surface area contributed by atoms with Gasteiger partial charge in [-0.25, -0.2) is 4.39 Å². The zero-order valence-corrected chi connectivity index (χ0v) is 17.4. The van der Waals surface area contributed by atoms with Gasteiger partial charge in [-0.15, -0.1) is 12.4 Å². The molecule has 2 atom stereocenters. The van der Waals surface area contributed by atoms with Gasteiger partial charge in [-0.2, -0.15) is 0 Å². The minimum Gasteiger partial charge on any atom is -0.336 e. The van der Waals surface area contributed by atoms with Crippen LogP contribution >= 0.6 is 12.4 Å². The molecule has 1 heterocycles. The summed E-state index contributed by atoms with van der Waals surface area (Å²) in [7, 11) is 0. The highest BCUT2D eigenvalue weighted by Gasteiger charge is 2.34. The smallest absolute Gasteiger partial charge is 0.254 e. The predicted molar refractivity (Wildman–Crippen MR) is 115 cm³/mol. The lowest BCUT2D eigenvalue weighted by atomic mass is 9.95. The molecular formula is C22H27ClFN3O2. The number of amides is 2. The molecule has 2 aromatic rings. The number of hydrogen-bond donors (Lipinski definition) is 2. The molecule has 0 saturated carbocycles. The van der Waals surface area contributed by atoms with Crippen LogP contribution in [0.2, 0.25) is 0 Å². The zero-order valence-electron chi connectivity index (χ0n) is 16.6. The second-order valence-corrected chi connectivity index (χ2v) is 7.73. The fourth-order valence-electron chi connectivity index (χ4n) is 3.55. The number of benzene rings is 2. The van der Waals surface area contributed by atoms with Crippen LogP contribution in [0.3, 0.4) is 0 Å². The average Bonchev–Trinajstić information content (AvgIpc) is 3.04. The van der Waals surface area contributed by atoms with E-state index in [4.69, 9.17) is 5.73 Å². The molecule has 0 bridgehead atoms. The van der Waals surface area contributed by atoms with Crippen molar-refractivity contribution in [2.45, 2.75) is 32.2 Å². The Morgan fingerprint density at radius 2 is 1.86 bits per heavy atom. The molecule has 0 spiro atoms. The number of nitrogens with zero attached hydrogens (tertiary/aromatic N) is 1. The van der Waals surface area contributed by atoms with Crippen LogP contribution < -0.4 is 11.1 Å². The molecule has 5 nitrogen and oxygen atoms in total. The van der Waals surface area contributed by atoms with Crippen LogP contribution in [0.1, 0.15) is 42.1 Å². The number of halogens is 2. The fourth-order valence-corrected chi connectivity index (χ4v) is 3.55. The maximum atomic E-state index is 14.4. The predicted octanol–water partition coefficient (Wildman–Crippen LogP) is 3.80. The summed E-state index contributed by atoms with van der Waals surface area (Å²) < 4.78 is 14.4. The molecule has 7 heteroatoms. The van der Waals surface area contributed by atoms with E-state index in [1.165, 1.54) is 18.2 Å². The molecule has 2 aromatic carbocycles. The normalized spacial score (nSPS) is 18.4. The van der Waals surface area contributed by atoms with Gasteiger partial charge in [0.05, 0.1) is 5.69 Å². The van der Waals surface area contributed by atoms with Crippen LogP contribution in [-0.2, 0) is 4.79 Å². The van der Waals surface area contributed by atoms with E-state index in [0.29, 0.717) is 19.5 Å². The maximum absolute atomic E-state index is 14.4. The number of rotatable bonds is 5. The van der Waals surface area contributed by atoms with Crippen molar-refractivity contribution in [2.24, 2.45) is 11.7 Å². The van der Waals surface area contributed by atoms with Crippen LogP contribution in [0.15, 0.2) is 48.5 Å². The van der Waals surface area contributed by atoms with Gasteiger partial charge in [0.25, 0.3) is 5.91 Å². The summed E-state index contributed by atoms with van der Waals surface area (Å²) in [4.78, 5) is 26.3. The van der Waals surface area contributed by atoms with E-state index in [1.807, 2.05) is 44.2 Å². The second-order valence-electron chi connectivity index (χ2n) is 7.73. The van der Waals surface area contributed by atoms with Crippen molar-refractivity contribution in [3.05, 3.63) is 65.5 Å². The fraction of sp³-hybridized carbons (Fsp3) is 0.364. The molecule has 156 valence electrons. The quantitative estimate of drug-likeness (QED) is 0.774. The van der Waals surface area contributed by atoms with Gasteiger partial charge in [0, 0.05) is 37.0 Å². The Kier molecular flexibility index (Phi) is 7.76. The number of hydrogen-bond acceptors (Lipinski definition) is 3. The van der Waals surface area contributed by atoms with Gasteiger partial charge in [0.15, 0.2) is 0 Å². The van der Waals surface area contributed by atoms with E-state index in [9.17, 15) is 14.0 Å². The molecule has 3 N–H and O–H groups in total. The van der Waals surface area contributed by atoms with Gasteiger partial charge < -0.3 is 16.0 Å². The minimum atomic E-state index is -0.619. The van der Waals surface area contributed by atoms with E-state index in [0.717, 1.165) is 5.56 Å². The average molecular weight is 420 g/mol. The summed E-state index contributed by atoms with van der Waals surface area (Å²) in [6, 6.07) is 13.8. The van der Waals surface area contributed by atoms with Crippen LogP contribution in [0.5, 0.6) is 0 Å². The number of anilines is 1. The SMILES string of the molecule is CC(C)CC(=O)Nc1ccc(C(=O)N2C[C@@H](N)[C@H](c3ccccc3)C2)cc1F.Cl. The molecule has 0 unspecified atom stereocenters. The molecule has 0 aliphatic carbocycles. The highest BCUT2D eigenvalue weighted by Crippen LogP contribution is 2.28. The molecule has 2 amide bonds. The van der Waals surface area contributed by atoms with Crippen molar-refractivity contribution in [3.8, 4) is 0 Å². The van der Waals surface area contributed by atoms with Crippen molar-refractivity contribution >= 4 is 29.9 Å². The molecule has 1 fully saturated rings. The largest absolute Gasteiger partial charge is 0.336 e. The highest BCUT2D eigenvalue weighted by molar-refractivity contribution is 5.96. The Labute approximate surface area is 176 Å². The highest BCUT2D eigenvalue weighted by atomic mass is 35.5.